The molecule has 0 spiro atoms. The van der Waals surface area contributed by atoms with Gasteiger partial charge in [-0.25, -0.2) is 0 Å². The van der Waals surface area contributed by atoms with Crippen molar-refractivity contribution in [3.8, 4) is 11.8 Å². The van der Waals surface area contributed by atoms with Gasteiger partial charge in [0.05, 0.1) is 13.2 Å². The van der Waals surface area contributed by atoms with Gasteiger partial charge in [-0.15, -0.1) is 0 Å². The summed E-state index contributed by atoms with van der Waals surface area (Å²) in [5.74, 6) is 0.817. The first-order chi connectivity index (χ1) is 6.76. The van der Waals surface area contributed by atoms with E-state index in [9.17, 15) is 0 Å². The van der Waals surface area contributed by atoms with Gasteiger partial charge < -0.3 is 10.1 Å². The maximum atomic E-state index is 8.41. The highest BCUT2D eigenvalue weighted by Gasteiger charge is 1.93. The minimum Gasteiger partial charge on any atom is -0.497 e. The topological polar surface area (TPSA) is 45.0 Å². The zero-order valence-corrected chi connectivity index (χ0v) is 8.24. The molecule has 3 heteroatoms. The Morgan fingerprint density at radius 2 is 2.07 bits per heavy atom. The molecule has 3 nitrogen and oxygen atoms in total. The van der Waals surface area contributed by atoms with E-state index in [0.717, 1.165) is 17.1 Å². The zero-order chi connectivity index (χ0) is 10.4. The number of hydrogen-bond acceptors (Lipinski definition) is 3. The van der Waals surface area contributed by atoms with Crippen molar-refractivity contribution in [2.24, 2.45) is 0 Å². The van der Waals surface area contributed by atoms with Gasteiger partial charge in [0, 0.05) is 17.5 Å². The maximum Gasteiger partial charge on any atom is 0.119 e. The molecule has 1 N–H and O–H groups in total. The number of allylic oxidation sites excluding steroid dienone is 2. The van der Waals surface area contributed by atoms with Crippen LogP contribution in [0.2, 0.25) is 0 Å². The van der Waals surface area contributed by atoms with Crippen molar-refractivity contribution in [2.75, 3.05) is 12.4 Å². The number of methoxy groups -OCH3 is 1. The molecule has 1 rings (SSSR count). The Balaban J connectivity index is 2.70. The van der Waals surface area contributed by atoms with E-state index in [4.69, 9.17) is 10.00 Å². The van der Waals surface area contributed by atoms with Gasteiger partial charge in [-0.05, 0) is 31.2 Å². The highest BCUT2D eigenvalue weighted by molar-refractivity contribution is 5.50. The van der Waals surface area contributed by atoms with Crippen LogP contribution in [0.1, 0.15) is 6.92 Å². The molecule has 0 aromatic heterocycles. The van der Waals surface area contributed by atoms with Crippen LogP contribution < -0.4 is 10.1 Å². The summed E-state index contributed by atoms with van der Waals surface area (Å²) in [5, 5.41) is 11.5. The minimum absolute atomic E-state index is 0.817. The van der Waals surface area contributed by atoms with E-state index in [1.165, 1.54) is 6.08 Å². The van der Waals surface area contributed by atoms with Gasteiger partial charge in [0.1, 0.15) is 5.75 Å². The van der Waals surface area contributed by atoms with E-state index in [2.05, 4.69) is 5.32 Å². The van der Waals surface area contributed by atoms with Crippen LogP contribution in [-0.4, -0.2) is 7.11 Å². The first-order valence-electron chi connectivity index (χ1n) is 4.23. The van der Waals surface area contributed by atoms with Crippen molar-refractivity contribution < 1.29 is 4.74 Å². The highest BCUT2D eigenvalue weighted by atomic mass is 16.5. The number of nitrogens with one attached hydrogen (secondary N) is 1. The van der Waals surface area contributed by atoms with Crippen LogP contribution in [-0.2, 0) is 0 Å². The van der Waals surface area contributed by atoms with Crippen LogP contribution in [0.15, 0.2) is 36.0 Å². The van der Waals surface area contributed by atoms with Crippen molar-refractivity contribution in [1.82, 2.24) is 0 Å². The Kier molecular flexibility index (Phi) is 3.57. The number of hydrogen-bond donors (Lipinski definition) is 1. The number of nitrogens with zero attached hydrogens (tertiary/aromatic N) is 1. The van der Waals surface area contributed by atoms with Crippen molar-refractivity contribution in [2.45, 2.75) is 6.92 Å². The molecule has 0 aliphatic heterocycles. The van der Waals surface area contributed by atoms with Gasteiger partial charge in [-0.2, -0.15) is 5.26 Å². The Labute approximate surface area is 83.6 Å². The van der Waals surface area contributed by atoms with Crippen LogP contribution in [0.25, 0.3) is 0 Å². The second kappa shape index (κ2) is 4.93. The molecule has 0 atom stereocenters. The van der Waals surface area contributed by atoms with Crippen LogP contribution in [0.4, 0.5) is 5.69 Å². The number of benzene rings is 1. The number of rotatable bonds is 3. The molecule has 0 bridgehead atoms. The molecule has 0 saturated carbocycles. The van der Waals surface area contributed by atoms with Gasteiger partial charge in [-0.1, -0.05) is 0 Å². The highest BCUT2D eigenvalue weighted by Crippen LogP contribution is 2.16. The van der Waals surface area contributed by atoms with Crippen LogP contribution >= 0.6 is 0 Å². The van der Waals surface area contributed by atoms with Crippen molar-refractivity contribution in [1.29, 1.82) is 5.26 Å². The normalized spacial score (nSPS) is 10.5. The number of nitriles is 1. The second-order valence-electron chi connectivity index (χ2n) is 2.81. The molecule has 72 valence electrons. The van der Waals surface area contributed by atoms with E-state index in [1.807, 2.05) is 37.3 Å². The van der Waals surface area contributed by atoms with E-state index < -0.39 is 0 Å². The molecule has 0 heterocycles. The fourth-order valence-electron chi connectivity index (χ4n) is 1.03. The smallest absolute Gasteiger partial charge is 0.119 e. The summed E-state index contributed by atoms with van der Waals surface area (Å²) in [4.78, 5) is 0. The summed E-state index contributed by atoms with van der Waals surface area (Å²) in [6.45, 7) is 1.84. The molecule has 0 unspecified atom stereocenters. The summed E-state index contributed by atoms with van der Waals surface area (Å²) >= 11 is 0. The van der Waals surface area contributed by atoms with Crippen molar-refractivity contribution in [3.05, 3.63) is 36.0 Å². The summed E-state index contributed by atoms with van der Waals surface area (Å²) < 4.78 is 5.03. The van der Waals surface area contributed by atoms with Crippen LogP contribution in [0, 0.1) is 11.3 Å². The summed E-state index contributed by atoms with van der Waals surface area (Å²) in [6, 6.07) is 9.48. The summed E-state index contributed by atoms with van der Waals surface area (Å²) in [5.41, 5.74) is 1.76. The molecule has 0 amide bonds. The standard InChI is InChI=1S/C11H12N2O/c1-9(7-8-12)13-10-3-5-11(14-2)6-4-10/h3-7,13H,1-2H3. The van der Waals surface area contributed by atoms with Crippen LogP contribution in [0.3, 0.4) is 0 Å². The van der Waals surface area contributed by atoms with Crippen molar-refractivity contribution >= 4 is 5.69 Å². The Morgan fingerprint density at radius 1 is 1.43 bits per heavy atom. The molecule has 0 aliphatic carbocycles. The predicted octanol–water partition coefficient (Wildman–Crippen LogP) is 2.53. The first kappa shape index (κ1) is 10.1. The number of anilines is 1. The Morgan fingerprint density at radius 3 is 2.57 bits per heavy atom. The molecule has 0 saturated heterocycles. The Bertz CT molecular complexity index is 360. The third kappa shape index (κ3) is 2.83. The Hall–Kier alpha value is -1.95. The average molecular weight is 188 g/mol. The van der Waals surface area contributed by atoms with Gasteiger partial charge in [0.2, 0.25) is 0 Å². The molecule has 0 aliphatic rings. The van der Waals surface area contributed by atoms with Gasteiger partial charge in [-0.3, -0.25) is 0 Å². The van der Waals surface area contributed by atoms with E-state index in [1.54, 1.807) is 7.11 Å². The average Bonchev–Trinajstić information content (AvgIpc) is 2.19. The quantitative estimate of drug-likeness (QED) is 0.741. The molecule has 1 aromatic carbocycles. The molecule has 1 aromatic rings. The zero-order valence-electron chi connectivity index (χ0n) is 8.24. The number of ether oxygens (including phenoxy) is 1. The third-order valence-electron chi connectivity index (χ3n) is 1.71. The van der Waals surface area contributed by atoms with Crippen LogP contribution in [0.5, 0.6) is 5.75 Å². The lowest BCUT2D eigenvalue weighted by atomic mass is 10.3. The van der Waals surface area contributed by atoms with Gasteiger partial charge in [0.25, 0.3) is 0 Å². The first-order valence-corrected chi connectivity index (χ1v) is 4.23. The minimum atomic E-state index is 0.817. The summed E-state index contributed by atoms with van der Waals surface area (Å²) in [6.07, 6.45) is 1.46. The van der Waals surface area contributed by atoms with E-state index >= 15 is 0 Å². The fraction of sp³-hybridized carbons (Fsp3) is 0.182. The van der Waals surface area contributed by atoms with E-state index in [0.29, 0.717) is 0 Å². The fourth-order valence-corrected chi connectivity index (χ4v) is 1.03. The van der Waals surface area contributed by atoms with Gasteiger partial charge >= 0.3 is 0 Å². The predicted molar refractivity (Wildman–Crippen MR) is 56.0 cm³/mol. The molecule has 0 radical (unpaired) electrons. The molecule has 14 heavy (non-hydrogen) atoms. The SMILES string of the molecule is COc1ccc(NC(C)=CC#N)cc1. The maximum absolute atomic E-state index is 8.41. The largest absolute Gasteiger partial charge is 0.497 e. The molecular weight excluding hydrogens is 176 g/mol. The van der Waals surface area contributed by atoms with Crippen molar-refractivity contribution in [3.63, 3.8) is 0 Å². The van der Waals surface area contributed by atoms with Gasteiger partial charge in [0.15, 0.2) is 0 Å². The molecule has 0 fully saturated rings. The monoisotopic (exact) mass is 188 g/mol. The lowest BCUT2D eigenvalue weighted by molar-refractivity contribution is 0.415. The second-order valence-corrected chi connectivity index (χ2v) is 2.81. The third-order valence-corrected chi connectivity index (χ3v) is 1.71. The molecular formula is C11H12N2O. The lowest BCUT2D eigenvalue weighted by Gasteiger charge is -2.05. The van der Waals surface area contributed by atoms with E-state index in [-0.39, 0.29) is 0 Å². The summed E-state index contributed by atoms with van der Waals surface area (Å²) in [7, 11) is 1.63. The lowest BCUT2D eigenvalue weighted by Crippen LogP contribution is -1.94.